The van der Waals surface area contributed by atoms with Gasteiger partial charge < -0.3 is 5.32 Å². The fraction of sp³-hybridized carbons (Fsp3) is 0.111. The SMILES string of the molecule is Cc1nc(-c2ccc(NC(=O)c3ccccc3S(C)(=O)=O)cc2)cs1. The van der Waals surface area contributed by atoms with Crippen molar-refractivity contribution in [1.29, 1.82) is 0 Å². The van der Waals surface area contributed by atoms with Crippen molar-refractivity contribution in [3.63, 3.8) is 0 Å². The van der Waals surface area contributed by atoms with Crippen molar-refractivity contribution in [2.45, 2.75) is 11.8 Å². The Morgan fingerprint density at radius 3 is 2.36 bits per heavy atom. The summed E-state index contributed by atoms with van der Waals surface area (Å²) in [7, 11) is -3.48. The van der Waals surface area contributed by atoms with Crippen LogP contribution in [0.4, 0.5) is 5.69 Å². The van der Waals surface area contributed by atoms with E-state index in [2.05, 4.69) is 10.3 Å². The summed E-state index contributed by atoms with van der Waals surface area (Å²) in [6, 6.07) is 13.4. The molecule has 7 heteroatoms. The number of amides is 1. The van der Waals surface area contributed by atoms with Gasteiger partial charge in [0.25, 0.3) is 5.91 Å². The number of anilines is 1. The third-order valence-electron chi connectivity index (χ3n) is 3.59. The van der Waals surface area contributed by atoms with Crippen molar-refractivity contribution < 1.29 is 13.2 Å². The fourth-order valence-corrected chi connectivity index (χ4v) is 3.90. The highest BCUT2D eigenvalue weighted by molar-refractivity contribution is 7.90. The normalized spacial score (nSPS) is 11.3. The zero-order chi connectivity index (χ0) is 18.0. The average Bonchev–Trinajstić information content (AvgIpc) is 3.01. The van der Waals surface area contributed by atoms with Gasteiger partial charge in [0.15, 0.2) is 9.84 Å². The number of aromatic nitrogens is 1. The third-order valence-corrected chi connectivity index (χ3v) is 5.52. The maximum atomic E-state index is 12.5. The van der Waals surface area contributed by atoms with Gasteiger partial charge in [-0.05, 0) is 31.2 Å². The third kappa shape index (κ3) is 3.94. The lowest BCUT2D eigenvalue weighted by atomic mass is 10.1. The molecule has 5 nitrogen and oxygen atoms in total. The Labute approximate surface area is 150 Å². The summed E-state index contributed by atoms with van der Waals surface area (Å²) >= 11 is 1.58. The van der Waals surface area contributed by atoms with Crippen LogP contribution in [0.3, 0.4) is 0 Å². The van der Waals surface area contributed by atoms with Crippen LogP contribution in [0.15, 0.2) is 58.8 Å². The van der Waals surface area contributed by atoms with E-state index in [1.807, 2.05) is 24.4 Å². The van der Waals surface area contributed by atoms with Gasteiger partial charge in [0.05, 0.1) is 21.2 Å². The first-order valence-electron chi connectivity index (χ1n) is 7.47. The Bertz CT molecular complexity index is 1020. The molecule has 0 atom stereocenters. The molecule has 3 aromatic rings. The fourth-order valence-electron chi connectivity index (χ4n) is 2.40. The van der Waals surface area contributed by atoms with Gasteiger partial charge in [-0.2, -0.15) is 0 Å². The predicted molar refractivity (Wildman–Crippen MR) is 99.8 cm³/mol. The molecule has 1 aromatic heterocycles. The van der Waals surface area contributed by atoms with Crippen LogP contribution in [0.1, 0.15) is 15.4 Å². The lowest BCUT2D eigenvalue weighted by Crippen LogP contribution is -2.15. The van der Waals surface area contributed by atoms with Gasteiger partial charge in [0, 0.05) is 22.9 Å². The minimum absolute atomic E-state index is 0.0158. The quantitative estimate of drug-likeness (QED) is 0.756. The molecular weight excluding hydrogens is 356 g/mol. The lowest BCUT2D eigenvalue weighted by Gasteiger charge is -2.09. The number of nitrogens with one attached hydrogen (secondary N) is 1. The van der Waals surface area contributed by atoms with Gasteiger partial charge >= 0.3 is 0 Å². The zero-order valence-corrected chi connectivity index (χ0v) is 15.3. The van der Waals surface area contributed by atoms with E-state index < -0.39 is 15.7 Å². The summed E-state index contributed by atoms with van der Waals surface area (Å²) in [4.78, 5) is 16.9. The summed E-state index contributed by atoms with van der Waals surface area (Å²) in [5.74, 6) is -0.460. The van der Waals surface area contributed by atoms with E-state index in [0.29, 0.717) is 5.69 Å². The minimum Gasteiger partial charge on any atom is -0.322 e. The molecule has 0 aliphatic carbocycles. The Morgan fingerprint density at radius 2 is 1.76 bits per heavy atom. The summed E-state index contributed by atoms with van der Waals surface area (Å²) < 4.78 is 23.7. The maximum absolute atomic E-state index is 12.5. The number of aryl methyl sites for hydroxylation is 1. The smallest absolute Gasteiger partial charge is 0.256 e. The minimum atomic E-state index is -3.48. The molecule has 1 amide bonds. The zero-order valence-electron chi connectivity index (χ0n) is 13.7. The molecule has 2 aromatic carbocycles. The van der Waals surface area contributed by atoms with Gasteiger partial charge in [-0.15, -0.1) is 11.3 Å². The summed E-state index contributed by atoms with van der Waals surface area (Å²) in [6.45, 7) is 1.95. The molecular formula is C18H16N2O3S2. The molecule has 1 N–H and O–H groups in total. The van der Waals surface area contributed by atoms with Crippen molar-refractivity contribution >= 4 is 32.8 Å². The largest absolute Gasteiger partial charge is 0.322 e. The first kappa shape index (κ1) is 17.3. The van der Waals surface area contributed by atoms with Gasteiger partial charge in [-0.25, -0.2) is 13.4 Å². The summed E-state index contributed by atoms with van der Waals surface area (Å²) in [5.41, 5.74) is 2.56. The van der Waals surface area contributed by atoms with E-state index in [1.165, 1.54) is 12.1 Å². The van der Waals surface area contributed by atoms with Crippen LogP contribution in [0.25, 0.3) is 11.3 Å². The highest BCUT2D eigenvalue weighted by Gasteiger charge is 2.18. The van der Waals surface area contributed by atoms with E-state index in [1.54, 1.807) is 35.6 Å². The van der Waals surface area contributed by atoms with Crippen LogP contribution in [0, 0.1) is 6.92 Å². The molecule has 3 rings (SSSR count). The molecule has 0 bridgehead atoms. The molecule has 0 spiro atoms. The second-order valence-corrected chi connectivity index (χ2v) is 8.60. The second kappa shape index (κ2) is 6.78. The maximum Gasteiger partial charge on any atom is 0.256 e. The van der Waals surface area contributed by atoms with Gasteiger partial charge in [-0.3, -0.25) is 4.79 Å². The Balaban J connectivity index is 1.83. The Morgan fingerprint density at radius 1 is 1.08 bits per heavy atom. The van der Waals surface area contributed by atoms with Gasteiger partial charge in [0.2, 0.25) is 0 Å². The van der Waals surface area contributed by atoms with E-state index in [0.717, 1.165) is 22.5 Å². The van der Waals surface area contributed by atoms with E-state index in [4.69, 9.17) is 0 Å². The number of thiazole rings is 1. The molecule has 0 aliphatic rings. The number of nitrogens with zero attached hydrogens (tertiary/aromatic N) is 1. The number of benzene rings is 2. The van der Waals surface area contributed by atoms with Crippen molar-refractivity contribution in [3.05, 3.63) is 64.5 Å². The molecule has 25 heavy (non-hydrogen) atoms. The molecule has 0 radical (unpaired) electrons. The lowest BCUT2D eigenvalue weighted by molar-refractivity contribution is 0.102. The average molecular weight is 372 g/mol. The van der Waals surface area contributed by atoms with Gasteiger partial charge in [0.1, 0.15) is 0 Å². The topological polar surface area (TPSA) is 76.1 Å². The summed E-state index contributed by atoms with van der Waals surface area (Å²) in [5, 5.41) is 5.70. The number of carbonyl (C=O) groups excluding carboxylic acids is 1. The number of hydrogen-bond donors (Lipinski definition) is 1. The molecule has 1 heterocycles. The molecule has 0 aliphatic heterocycles. The van der Waals surface area contributed by atoms with E-state index in [-0.39, 0.29) is 10.5 Å². The number of carbonyl (C=O) groups is 1. The Kier molecular flexibility index (Phi) is 4.69. The van der Waals surface area contributed by atoms with Crippen LogP contribution < -0.4 is 5.32 Å². The van der Waals surface area contributed by atoms with Crippen LogP contribution >= 0.6 is 11.3 Å². The van der Waals surface area contributed by atoms with Gasteiger partial charge in [-0.1, -0.05) is 24.3 Å². The second-order valence-electron chi connectivity index (χ2n) is 5.55. The van der Waals surface area contributed by atoms with Crippen LogP contribution in [0.5, 0.6) is 0 Å². The Hall–Kier alpha value is -2.51. The molecule has 0 unspecified atom stereocenters. The van der Waals surface area contributed by atoms with E-state index >= 15 is 0 Å². The first-order chi connectivity index (χ1) is 11.8. The van der Waals surface area contributed by atoms with Crippen LogP contribution in [0.2, 0.25) is 0 Å². The predicted octanol–water partition coefficient (Wildman–Crippen LogP) is 3.77. The van der Waals surface area contributed by atoms with E-state index in [9.17, 15) is 13.2 Å². The van der Waals surface area contributed by atoms with Crippen LogP contribution in [-0.2, 0) is 9.84 Å². The molecule has 128 valence electrons. The highest BCUT2D eigenvalue weighted by atomic mass is 32.2. The van der Waals surface area contributed by atoms with Crippen molar-refractivity contribution in [2.75, 3.05) is 11.6 Å². The summed E-state index contributed by atoms with van der Waals surface area (Å²) in [6.07, 6.45) is 1.09. The van der Waals surface area contributed by atoms with Crippen molar-refractivity contribution in [3.8, 4) is 11.3 Å². The number of sulfone groups is 1. The van der Waals surface area contributed by atoms with Crippen molar-refractivity contribution in [1.82, 2.24) is 4.98 Å². The molecule has 0 fully saturated rings. The standard InChI is InChI=1S/C18H16N2O3S2/c1-12-19-16(11-24-12)13-7-9-14(10-8-13)20-18(21)15-5-3-4-6-17(15)25(2,22)23/h3-11H,1-2H3,(H,20,21). The molecule has 0 saturated carbocycles. The van der Waals surface area contributed by atoms with Crippen LogP contribution in [-0.4, -0.2) is 25.6 Å². The monoisotopic (exact) mass is 372 g/mol. The number of rotatable bonds is 4. The molecule has 0 saturated heterocycles. The van der Waals surface area contributed by atoms with Crippen molar-refractivity contribution in [2.24, 2.45) is 0 Å². The number of hydrogen-bond acceptors (Lipinski definition) is 5. The first-order valence-corrected chi connectivity index (χ1v) is 10.2. The highest BCUT2D eigenvalue weighted by Crippen LogP contribution is 2.24.